The van der Waals surface area contributed by atoms with Crippen molar-refractivity contribution in [1.29, 1.82) is 0 Å². The van der Waals surface area contributed by atoms with E-state index >= 15 is 0 Å². The molecule has 1 aromatic carbocycles. The van der Waals surface area contributed by atoms with Gasteiger partial charge in [0.25, 0.3) is 0 Å². The number of aliphatic imine (C=N–C) groups is 1. The molecule has 0 amide bonds. The summed E-state index contributed by atoms with van der Waals surface area (Å²) >= 11 is 0. The van der Waals surface area contributed by atoms with E-state index in [0.717, 1.165) is 42.9 Å². The predicted octanol–water partition coefficient (Wildman–Crippen LogP) is 2.52. The van der Waals surface area contributed by atoms with E-state index in [1.165, 1.54) is 12.8 Å². The van der Waals surface area contributed by atoms with Crippen molar-refractivity contribution in [3.8, 4) is 5.75 Å². The second kappa shape index (κ2) is 10.9. The van der Waals surface area contributed by atoms with Crippen LogP contribution in [0.3, 0.4) is 0 Å². The molecule has 1 aliphatic carbocycles. The number of guanidine groups is 1. The summed E-state index contributed by atoms with van der Waals surface area (Å²) in [4.78, 5) is 4.23. The fraction of sp³-hybridized carbons (Fsp3) is 0.611. The highest BCUT2D eigenvalue weighted by atomic mass is 16.5. The lowest BCUT2D eigenvalue weighted by molar-refractivity contribution is 0.129. The van der Waals surface area contributed by atoms with Crippen molar-refractivity contribution >= 4 is 11.6 Å². The van der Waals surface area contributed by atoms with E-state index < -0.39 is 0 Å². The Morgan fingerprint density at radius 3 is 2.88 bits per heavy atom. The number of anilines is 1. The van der Waals surface area contributed by atoms with Crippen LogP contribution < -0.4 is 15.4 Å². The summed E-state index contributed by atoms with van der Waals surface area (Å²) in [7, 11) is 3.45. The number of hydrogen-bond donors (Lipinski definition) is 2. The molecule has 0 heterocycles. The SMILES string of the molecule is CN=C(NCCOCC1CC1)Nc1cccc(OCCCOC)c1. The van der Waals surface area contributed by atoms with E-state index in [-0.39, 0.29) is 0 Å². The fourth-order valence-corrected chi connectivity index (χ4v) is 2.15. The van der Waals surface area contributed by atoms with Crippen molar-refractivity contribution in [2.75, 3.05) is 52.4 Å². The van der Waals surface area contributed by atoms with Gasteiger partial charge >= 0.3 is 0 Å². The first-order chi connectivity index (χ1) is 11.8. The number of methoxy groups -OCH3 is 1. The van der Waals surface area contributed by atoms with Crippen LogP contribution in [0.4, 0.5) is 5.69 Å². The van der Waals surface area contributed by atoms with E-state index in [1.807, 2.05) is 24.3 Å². The van der Waals surface area contributed by atoms with Gasteiger partial charge < -0.3 is 24.8 Å². The fourth-order valence-electron chi connectivity index (χ4n) is 2.15. The maximum absolute atomic E-state index is 5.71. The average Bonchev–Trinajstić information content (AvgIpc) is 3.42. The number of rotatable bonds is 11. The molecule has 1 aliphatic rings. The van der Waals surface area contributed by atoms with Gasteiger partial charge in [0, 0.05) is 52.1 Å². The minimum absolute atomic E-state index is 0.641. The molecule has 2 rings (SSSR count). The highest BCUT2D eigenvalue weighted by Gasteiger charge is 2.20. The van der Waals surface area contributed by atoms with Crippen LogP contribution >= 0.6 is 0 Å². The topological polar surface area (TPSA) is 64.1 Å². The lowest BCUT2D eigenvalue weighted by Gasteiger charge is -2.13. The van der Waals surface area contributed by atoms with Gasteiger partial charge in [-0.2, -0.15) is 0 Å². The van der Waals surface area contributed by atoms with Gasteiger partial charge in [-0.05, 0) is 30.9 Å². The molecule has 2 N–H and O–H groups in total. The maximum Gasteiger partial charge on any atom is 0.195 e. The van der Waals surface area contributed by atoms with Crippen molar-refractivity contribution in [1.82, 2.24) is 5.32 Å². The monoisotopic (exact) mass is 335 g/mol. The zero-order valence-electron chi connectivity index (χ0n) is 14.7. The van der Waals surface area contributed by atoms with Crippen molar-refractivity contribution in [2.24, 2.45) is 10.9 Å². The summed E-state index contributed by atoms with van der Waals surface area (Å²) in [5.41, 5.74) is 0.936. The molecule has 0 aliphatic heterocycles. The van der Waals surface area contributed by atoms with Gasteiger partial charge in [-0.3, -0.25) is 4.99 Å². The van der Waals surface area contributed by atoms with Gasteiger partial charge in [0.15, 0.2) is 5.96 Å². The Labute approximate surface area is 144 Å². The highest BCUT2D eigenvalue weighted by molar-refractivity contribution is 5.93. The predicted molar refractivity (Wildman–Crippen MR) is 97.0 cm³/mol. The Kier molecular flexibility index (Phi) is 8.41. The third kappa shape index (κ3) is 7.66. The van der Waals surface area contributed by atoms with Gasteiger partial charge in [0.1, 0.15) is 5.75 Å². The smallest absolute Gasteiger partial charge is 0.195 e. The third-order valence-corrected chi connectivity index (χ3v) is 3.67. The van der Waals surface area contributed by atoms with Gasteiger partial charge in [-0.15, -0.1) is 0 Å². The zero-order valence-corrected chi connectivity index (χ0v) is 14.7. The van der Waals surface area contributed by atoms with E-state index in [0.29, 0.717) is 19.8 Å². The second-order valence-corrected chi connectivity index (χ2v) is 5.86. The van der Waals surface area contributed by atoms with E-state index in [9.17, 15) is 0 Å². The van der Waals surface area contributed by atoms with E-state index in [4.69, 9.17) is 14.2 Å². The molecule has 24 heavy (non-hydrogen) atoms. The van der Waals surface area contributed by atoms with Crippen LogP contribution in [-0.4, -0.2) is 53.1 Å². The molecule has 0 spiro atoms. The summed E-state index contributed by atoms with van der Waals surface area (Å²) in [5, 5.41) is 6.51. The van der Waals surface area contributed by atoms with Gasteiger partial charge in [0.2, 0.25) is 0 Å². The van der Waals surface area contributed by atoms with E-state index in [1.54, 1.807) is 14.2 Å². The first-order valence-corrected chi connectivity index (χ1v) is 8.59. The van der Waals surface area contributed by atoms with Gasteiger partial charge in [-0.25, -0.2) is 0 Å². The third-order valence-electron chi connectivity index (χ3n) is 3.67. The number of ether oxygens (including phenoxy) is 3. The van der Waals surface area contributed by atoms with E-state index in [2.05, 4.69) is 15.6 Å². The van der Waals surface area contributed by atoms with Gasteiger partial charge in [0.05, 0.1) is 13.2 Å². The summed E-state index contributed by atoms with van der Waals surface area (Å²) < 4.78 is 16.3. The van der Waals surface area contributed by atoms with Crippen molar-refractivity contribution in [2.45, 2.75) is 19.3 Å². The minimum atomic E-state index is 0.641. The lowest BCUT2D eigenvalue weighted by Crippen LogP contribution is -2.33. The van der Waals surface area contributed by atoms with Crippen LogP contribution in [0.1, 0.15) is 19.3 Å². The number of benzene rings is 1. The Morgan fingerprint density at radius 2 is 2.12 bits per heavy atom. The Bertz CT molecular complexity index is 504. The molecule has 0 radical (unpaired) electrons. The molecule has 6 heteroatoms. The molecular formula is C18H29N3O3. The minimum Gasteiger partial charge on any atom is -0.493 e. The number of nitrogens with one attached hydrogen (secondary N) is 2. The highest BCUT2D eigenvalue weighted by Crippen LogP contribution is 2.28. The lowest BCUT2D eigenvalue weighted by atomic mass is 10.3. The Hall–Kier alpha value is -1.79. The Balaban J connectivity index is 1.68. The Morgan fingerprint density at radius 1 is 1.25 bits per heavy atom. The van der Waals surface area contributed by atoms with Crippen LogP contribution in [0.15, 0.2) is 29.3 Å². The molecule has 134 valence electrons. The molecule has 0 atom stereocenters. The molecule has 1 aromatic rings. The normalized spacial score (nSPS) is 14.5. The van der Waals surface area contributed by atoms with Crippen molar-refractivity contribution < 1.29 is 14.2 Å². The van der Waals surface area contributed by atoms with Gasteiger partial charge in [-0.1, -0.05) is 6.07 Å². The molecule has 0 bridgehead atoms. The van der Waals surface area contributed by atoms with Crippen LogP contribution in [0.25, 0.3) is 0 Å². The molecular weight excluding hydrogens is 306 g/mol. The molecule has 0 unspecified atom stereocenters. The quantitative estimate of drug-likeness (QED) is 0.370. The summed E-state index contributed by atoms with van der Waals surface area (Å²) in [6.07, 6.45) is 3.51. The summed E-state index contributed by atoms with van der Waals surface area (Å²) in [5.74, 6) is 2.36. The molecule has 1 saturated carbocycles. The number of nitrogens with zero attached hydrogens (tertiary/aromatic N) is 1. The first-order valence-electron chi connectivity index (χ1n) is 8.59. The molecule has 1 fully saturated rings. The zero-order chi connectivity index (χ0) is 17.0. The van der Waals surface area contributed by atoms with Crippen LogP contribution in [0.5, 0.6) is 5.75 Å². The van der Waals surface area contributed by atoms with Crippen LogP contribution in [0.2, 0.25) is 0 Å². The second-order valence-electron chi connectivity index (χ2n) is 5.86. The van der Waals surface area contributed by atoms with Crippen LogP contribution in [-0.2, 0) is 9.47 Å². The van der Waals surface area contributed by atoms with Crippen molar-refractivity contribution in [3.63, 3.8) is 0 Å². The largest absolute Gasteiger partial charge is 0.493 e. The maximum atomic E-state index is 5.71. The van der Waals surface area contributed by atoms with Crippen LogP contribution in [0, 0.1) is 5.92 Å². The summed E-state index contributed by atoms with van der Waals surface area (Å²) in [6.45, 7) is 3.66. The number of hydrogen-bond acceptors (Lipinski definition) is 4. The average molecular weight is 335 g/mol. The standard InChI is InChI=1S/C18H29N3O3/c1-19-18(20-9-12-23-14-15-7-8-15)21-16-5-3-6-17(13-16)24-11-4-10-22-2/h3,5-6,13,15H,4,7-12,14H2,1-2H3,(H2,19,20,21). The first kappa shape index (κ1) is 18.5. The summed E-state index contributed by atoms with van der Waals surface area (Å²) in [6, 6.07) is 7.85. The molecule has 0 aromatic heterocycles. The molecule has 6 nitrogen and oxygen atoms in total. The molecule has 0 saturated heterocycles. The van der Waals surface area contributed by atoms with Crippen molar-refractivity contribution in [3.05, 3.63) is 24.3 Å².